The lowest BCUT2D eigenvalue weighted by Gasteiger charge is -2.06. The Morgan fingerprint density at radius 2 is 1.89 bits per heavy atom. The fraction of sp³-hybridized carbons (Fsp3) is 0. The van der Waals surface area contributed by atoms with Crippen LogP contribution in [-0.2, 0) is 4.79 Å². The number of hydrogen-bond donors (Lipinski definition) is 1. The summed E-state index contributed by atoms with van der Waals surface area (Å²) in [7, 11) is 0. The Bertz CT molecular complexity index is 603. The van der Waals surface area contributed by atoms with Crippen molar-refractivity contribution in [3.05, 3.63) is 64.6 Å². The zero-order valence-electron chi connectivity index (χ0n) is 9.51. The van der Waals surface area contributed by atoms with Crippen molar-refractivity contribution in [1.29, 1.82) is 0 Å². The molecule has 0 radical (unpaired) electrons. The zero-order chi connectivity index (χ0) is 13.0. The van der Waals surface area contributed by atoms with E-state index in [1.807, 2.05) is 48.5 Å². The molecular formula is C15H11BrO2. The molecule has 18 heavy (non-hydrogen) atoms. The van der Waals surface area contributed by atoms with Crippen molar-refractivity contribution < 1.29 is 9.90 Å². The van der Waals surface area contributed by atoms with E-state index in [-0.39, 0.29) is 0 Å². The molecule has 0 amide bonds. The highest BCUT2D eigenvalue weighted by Crippen LogP contribution is 2.26. The van der Waals surface area contributed by atoms with E-state index in [0.29, 0.717) is 0 Å². The topological polar surface area (TPSA) is 37.3 Å². The van der Waals surface area contributed by atoms with E-state index in [4.69, 9.17) is 5.11 Å². The highest BCUT2D eigenvalue weighted by Gasteiger charge is 2.02. The van der Waals surface area contributed by atoms with Crippen LogP contribution in [0.15, 0.2) is 59.1 Å². The third-order valence-electron chi connectivity index (χ3n) is 2.50. The van der Waals surface area contributed by atoms with Gasteiger partial charge in [0.2, 0.25) is 0 Å². The van der Waals surface area contributed by atoms with Crippen molar-refractivity contribution >= 4 is 28.0 Å². The molecule has 0 fully saturated rings. The Labute approximate surface area is 114 Å². The minimum atomic E-state index is -0.945. The molecule has 0 aromatic heterocycles. The van der Waals surface area contributed by atoms with Gasteiger partial charge in [-0.25, -0.2) is 4.79 Å². The van der Waals surface area contributed by atoms with Gasteiger partial charge in [0.05, 0.1) is 0 Å². The quantitative estimate of drug-likeness (QED) is 0.862. The monoisotopic (exact) mass is 302 g/mol. The molecule has 2 nitrogen and oxygen atoms in total. The maximum Gasteiger partial charge on any atom is 0.328 e. The zero-order valence-corrected chi connectivity index (χ0v) is 11.1. The number of carbonyl (C=O) groups is 1. The molecule has 2 aromatic carbocycles. The molecule has 0 heterocycles. The van der Waals surface area contributed by atoms with Crippen molar-refractivity contribution in [1.82, 2.24) is 0 Å². The molecule has 0 bridgehead atoms. The summed E-state index contributed by atoms with van der Waals surface area (Å²) in [6.45, 7) is 0. The summed E-state index contributed by atoms with van der Waals surface area (Å²) in [4.78, 5) is 10.6. The van der Waals surface area contributed by atoms with E-state index in [9.17, 15) is 4.79 Å². The van der Waals surface area contributed by atoms with E-state index >= 15 is 0 Å². The first-order chi connectivity index (χ1) is 8.66. The number of carboxylic acids is 1. The van der Waals surface area contributed by atoms with Gasteiger partial charge in [-0.15, -0.1) is 0 Å². The Kier molecular flexibility index (Phi) is 3.95. The van der Waals surface area contributed by atoms with Gasteiger partial charge in [0.15, 0.2) is 0 Å². The molecule has 3 heteroatoms. The second-order valence-electron chi connectivity index (χ2n) is 3.77. The van der Waals surface area contributed by atoms with E-state index in [1.54, 1.807) is 6.08 Å². The molecule has 0 aliphatic rings. The minimum Gasteiger partial charge on any atom is -0.478 e. The van der Waals surface area contributed by atoms with E-state index in [2.05, 4.69) is 15.9 Å². The lowest BCUT2D eigenvalue weighted by molar-refractivity contribution is -0.131. The predicted octanol–water partition coefficient (Wildman–Crippen LogP) is 4.21. The van der Waals surface area contributed by atoms with E-state index in [1.165, 1.54) is 0 Å². The van der Waals surface area contributed by atoms with Crippen LogP contribution in [0.4, 0.5) is 0 Å². The van der Waals surface area contributed by atoms with Crippen LogP contribution < -0.4 is 0 Å². The lowest BCUT2D eigenvalue weighted by atomic mass is 9.99. The number of aliphatic carboxylic acids is 1. The molecule has 2 rings (SSSR count). The van der Waals surface area contributed by atoms with Crippen molar-refractivity contribution in [3.8, 4) is 11.1 Å². The molecule has 0 saturated heterocycles. The molecule has 0 saturated carbocycles. The van der Waals surface area contributed by atoms with Gasteiger partial charge >= 0.3 is 5.97 Å². The molecule has 0 spiro atoms. The van der Waals surface area contributed by atoms with Gasteiger partial charge in [-0.2, -0.15) is 0 Å². The van der Waals surface area contributed by atoms with Crippen LogP contribution in [-0.4, -0.2) is 11.1 Å². The third-order valence-corrected chi connectivity index (χ3v) is 3.00. The lowest BCUT2D eigenvalue weighted by Crippen LogP contribution is -1.87. The van der Waals surface area contributed by atoms with E-state index in [0.717, 1.165) is 27.2 Å². The largest absolute Gasteiger partial charge is 0.478 e. The number of halogens is 1. The number of benzene rings is 2. The Morgan fingerprint density at radius 1 is 1.11 bits per heavy atom. The Morgan fingerprint density at radius 3 is 2.61 bits per heavy atom. The fourth-order valence-corrected chi connectivity index (χ4v) is 2.12. The highest BCUT2D eigenvalue weighted by molar-refractivity contribution is 9.10. The summed E-state index contributed by atoms with van der Waals surface area (Å²) in [6.07, 6.45) is 2.76. The van der Waals surface area contributed by atoms with Crippen LogP contribution >= 0.6 is 15.9 Å². The first kappa shape index (κ1) is 12.6. The second-order valence-corrected chi connectivity index (χ2v) is 4.68. The van der Waals surface area contributed by atoms with Crippen LogP contribution in [0.1, 0.15) is 5.56 Å². The third kappa shape index (κ3) is 3.08. The van der Waals surface area contributed by atoms with Gasteiger partial charge in [0, 0.05) is 10.5 Å². The van der Waals surface area contributed by atoms with Gasteiger partial charge in [-0.05, 0) is 34.9 Å². The predicted molar refractivity (Wildman–Crippen MR) is 76.2 cm³/mol. The summed E-state index contributed by atoms with van der Waals surface area (Å²) in [5.74, 6) is -0.945. The van der Waals surface area contributed by atoms with Crippen LogP contribution in [0.2, 0.25) is 0 Å². The summed E-state index contributed by atoms with van der Waals surface area (Å²) < 4.78 is 0.997. The summed E-state index contributed by atoms with van der Waals surface area (Å²) in [6, 6.07) is 15.6. The van der Waals surface area contributed by atoms with Crippen molar-refractivity contribution in [2.24, 2.45) is 0 Å². The van der Waals surface area contributed by atoms with Gasteiger partial charge in [-0.1, -0.05) is 52.3 Å². The number of rotatable bonds is 3. The SMILES string of the molecule is O=C(O)C=Cc1ccccc1-c1cccc(Br)c1. The Balaban J connectivity index is 2.48. The van der Waals surface area contributed by atoms with Gasteiger partial charge in [0.25, 0.3) is 0 Å². The second kappa shape index (κ2) is 5.65. The minimum absolute atomic E-state index is 0.887. The molecule has 1 N–H and O–H groups in total. The average molecular weight is 303 g/mol. The van der Waals surface area contributed by atoms with Crippen molar-refractivity contribution in [2.45, 2.75) is 0 Å². The summed E-state index contributed by atoms with van der Waals surface area (Å²) in [5.41, 5.74) is 2.95. The molecule has 0 atom stereocenters. The molecule has 90 valence electrons. The molecule has 0 aliphatic heterocycles. The number of hydrogen-bond acceptors (Lipinski definition) is 1. The van der Waals surface area contributed by atoms with Crippen LogP contribution in [0.25, 0.3) is 17.2 Å². The number of carboxylic acid groups (broad SMARTS) is 1. The molecule has 0 aliphatic carbocycles. The maximum atomic E-state index is 10.6. The molecule has 2 aromatic rings. The molecular weight excluding hydrogens is 292 g/mol. The normalized spacial score (nSPS) is 10.7. The van der Waals surface area contributed by atoms with Gasteiger partial charge in [-0.3, -0.25) is 0 Å². The van der Waals surface area contributed by atoms with Crippen LogP contribution in [0.5, 0.6) is 0 Å². The average Bonchev–Trinajstić information content (AvgIpc) is 2.36. The molecule has 0 unspecified atom stereocenters. The van der Waals surface area contributed by atoms with Gasteiger partial charge in [0.1, 0.15) is 0 Å². The first-order valence-electron chi connectivity index (χ1n) is 5.43. The standard InChI is InChI=1S/C15H11BrO2/c16-13-6-3-5-12(10-13)14-7-2-1-4-11(14)8-9-15(17)18/h1-10H,(H,17,18). The van der Waals surface area contributed by atoms with Crippen molar-refractivity contribution in [3.63, 3.8) is 0 Å². The summed E-state index contributed by atoms with van der Waals surface area (Å²) >= 11 is 3.43. The fourth-order valence-electron chi connectivity index (χ4n) is 1.72. The smallest absolute Gasteiger partial charge is 0.328 e. The maximum absolute atomic E-state index is 10.6. The summed E-state index contributed by atoms with van der Waals surface area (Å²) in [5, 5.41) is 8.69. The van der Waals surface area contributed by atoms with Crippen molar-refractivity contribution in [2.75, 3.05) is 0 Å². The van der Waals surface area contributed by atoms with Gasteiger partial charge < -0.3 is 5.11 Å². The Hall–Kier alpha value is -1.87. The first-order valence-corrected chi connectivity index (χ1v) is 6.22. The van der Waals surface area contributed by atoms with Crippen LogP contribution in [0, 0.1) is 0 Å². The van der Waals surface area contributed by atoms with E-state index < -0.39 is 5.97 Å². The van der Waals surface area contributed by atoms with Crippen LogP contribution in [0.3, 0.4) is 0 Å². The highest BCUT2D eigenvalue weighted by atomic mass is 79.9.